The summed E-state index contributed by atoms with van der Waals surface area (Å²) in [6, 6.07) is 18.8. The molecule has 2 heterocycles. The first-order valence-electron chi connectivity index (χ1n) is 5.83. The van der Waals surface area contributed by atoms with Crippen LogP contribution in [0.5, 0.6) is 0 Å². The normalized spacial score (nSPS) is 11.3. The second-order valence-corrected chi connectivity index (χ2v) is 5.32. The van der Waals surface area contributed by atoms with Gasteiger partial charge in [-0.2, -0.15) is 5.10 Å². The summed E-state index contributed by atoms with van der Waals surface area (Å²) in [4.78, 5) is 0. The van der Waals surface area contributed by atoms with E-state index in [0.717, 1.165) is 10.5 Å². The Hall–Kier alpha value is -2.13. The SMILES string of the molecule is c1ccc2nn(-c3cc4ccccc4s3)cc2c1. The molecule has 0 N–H and O–H groups in total. The van der Waals surface area contributed by atoms with Crippen molar-refractivity contribution < 1.29 is 0 Å². The number of aromatic nitrogens is 2. The van der Waals surface area contributed by atoms with Gasteiger partial charge in [0.05, 0.1) is 5.52 Å². The summed E-state index contributed by atoms with van der Waals surface area (Å²) in [5, 5.41) is 8.22. The Balaban J connectivity index is 1.95. The first-order chi connectivity index (χ1) is 8.90. The Kier molecular flexibility index (Phi) is 2.02. The van der Waals surface area contributed by atoms with E-state index >= 15 is 0 Å². The fraction of sp³-hybridized carbons (Fsp3) is 0. The molecular weight excluding hydrogens is 240 g/mol. The van der Waals surface area contributed by atoms with E-state index in [0.29, 0.717) is 0 Å². The van der Waals surface area contributed by atoms with Gasteiger partial charge in [-0.25, -0.2) is 4.68 Å². The Bertz CT molecular complexity index is 704. The van der Waals surface area contributed by atoms with Crippen molar-refractivity contribution >= 4 is 32.3 Å². The molecule has 0 fully saturated rings. The number of rotatable bonds is 1. The quantitative estimate of drug-likeness (QED) is 0.494. The van der Waals surface area contributed by atoms with Crippen molar-refractivity contribution in [1.29, 1.82) is 0 Å². The molecule has 2 aromatic heterocycles. The summed E-state index contributed by atoms with van der Waals surface area (Å²) in [7, 11) is 0. The highest BCUT2D eigenvalue weighted by molar-refractivity contribution is 7.21. The maximum absolute atomic E-state index is 4.61. The number of benzene rings is 2. The van der Waals surface area contributed by atoms with Crippen molar-refractivity contribution in [2.75, 3.05) is 0 Å². The zero-order valence-electron chi connectivity index (χ0n) is 9.58. The van der Waals surface area contributed by atoms with Gasteiger partial charge in [-0.3, -0.25) is 0 Å². The molecule has 0 amide bonds. The van der Waals surface area contributed by atoms with Gasteiger partial charge in [0.1, 0.15) is 5.00 Å². The highest BCUT2D eigenvalue weighted by Crippen LogP contribution is 2.28. The van der Waals surface area contributed by atoms with Gasteiger partial charge in [-0.05, 0) is 23.6 Å². The summed E-state index contributed by atoms with van der Waals surface area (Å²) < 4.78 is 3.27. The Morgan fingerprint density at radius 2 is 1.67 bits per heavy atom. The minimum absolute atomic E-state index is 1.04. The second kappa shape index (κ2) is 3.68. The van der Waals surface area contributed by atoms with E-state index in [1.54, 1.807) is 11.3 Å². The molecule has 2 aromatic carbocycles. The number of hydrogen-bond acceptors (Lipinski definition) is 2. The lowest BCUT2D eigenvalue weighted by molar-refractivity contribution is 0.915. The van der Waals surface area contributed by atoms with Crippen molar-refractivity contribution in [3.63, 3.8) is 0 Å². The third-order valence-electron chi connectivity index (χ3n) is 3.05. The zero-order valence-corrected chi connectivity index (χ0v) is 10.4. The predicted molar refractivity (Wildman–Crippen MR) is 76.5 cm³/mol. The number of hydrogen-bond donors (Lipinski definition) is 0. The van der Waals surface area contributed by atoms with Crippen LogP contribution in [0.25, 0.3) is 26.0 Å². The molecule has 0 unspecified atom stereocenters. The van der Waals surface area contributed by atoms with E-state index in [-0.39, 0.29) is 0 Å². The molecular formula is C15H10N2S. The lowest BCUT2D eigenvalue weighted by Crippen LogP contribution is -1.89. The van der Waals surface area contributed by atoms with Gasteiger partial charge in [0.25, 0.3) is 0 Å². The van der Waals surface area contributed by atoms with Crippen molar-refractivity contribution in [3.8, 4) is 5.00 Å². The lowest BCUT2D eigenvalue weighted by Gasteiger charge is -1.92. The van der Waals surface area contributed by atoms with Crippen LogP contribution in [0.15, 0.2) is 60.8 Å². The Morgan fingerprint density at radius 3 is 2.50 bits per heavy atom. The van der Waals surface area contributed by atoms with Gasteiger partial charge in [0.15, 0.2) is 0 Å². The van der Waals surface area contributed by atoms with Gasteiger partial charge in [0, 0.05) is 16.3 Å². The van der Waals surface area contributed by atoms with E-state index in [1.807, 2.05) is 22.9 Å². The molecule has 0 spiro atoms. The summed E-state index contributed by atoms with van der Waals surface area (Å²) in [5.41, 5.74) is 1.04. The third kappa shape index (κ3) is 1.45. The van der Waals surface area contributed by atoms with Crippen LogP contribution in [0.3, 0.4) is 0 Å². The van der Waals surface area contributed by atoms with Crippen LogP contribution in [-0.2, 0) is 0 Å². The topological polar surface area (TPSA) is 17.8 Å². The van der Waals surface area contributed by atoms with Gasteiger partial charge < -0.3 is 0 Å². The lowest BCUT2D eigenvalue weighted by atomic mass is 10.3. The van der Waals surface area contributed by atoms with Gasteiger partial charge in [-0.1, -0.05) is 36.4 Å². The standard InChI is InChI=1S/C15H10N2S/c1-3-7-13-12(6-1)10-17(16-13)15-9-11-5-2-4-8-14(11)18-15/h1-10H. The van der Waals surface area contributed by atoms with E-state index in [9.17, 15) is 0 Å². The molecule has 0 saturated heterocycles. The van der Waals surface area contributed by atoms with Crippen LogP contribution < -0.4 is 0 Å². The molecule has 86 valence electrons. The molecule has 0 aliphatic heterocycles. The van der Waals surface area contributed by atoms with Crippen LogP contribution in [-0.4, -0.2) is 9.78 Å². The van der Waals surface area contributed by atoms with Gasteiger partial charge in [0.2, 0.25) is 0 Å². The minimum atomic E-state index is 1.04. The summed E-state index contributed by atoms with van der Waals surface area (Å²) in [6.45, 7) is 0. The van der Waals surface area contributed by atoms with Crippen molar-refractivity contribution in [2.24, 2.45) is 0 Å². The van der Waals surface area contributed by atoms with E-state index < -0.39 is 0 Å². The maximum Gasteiger partial charge on any atom is 0.118 e. The number of fused-ring (bicyclic) bond motifs is 2. The van der Waals surface area contributed by atoms with Crippen molar-refractivity contribution in [2.45, 2.75) is 0 Å². The first kappa shape index (κ1) is 9.85. The van der Waals surface area contributed by atoms with Crippen LogP contribution in [0.1, 0.15) is 0 Å². The Morgan fingerprint density at radius 1 is 0.889 bits per heavy atom. The molecule has 0 aliphatic carbocycles. The smallest absolute Gasteiger partial charge is 0.118 e. The van der Waals surface area contributed by atoms with Crippen LogP contribution >= 0.6 is 11.3 Å². The minimum Gasteiger partial charge on any atom is -0.230 e. The molecule has 0 bridgehead atoms. The van der Waals surface area contributed by atoms with Crippen molar-refractivity contribution in [3.05, 3.63) is 60.8 Å². The molecule has 2 nitrogen and oxygen atoms in total. The molecule has 0 radical (unpaired) electrons. The summed E-state index contributed by atoms with van der Waals surface area (Å²) >= 11 is 1.77. The fourth-order valence-electron chi connectivity index (χ4n) is 2.16. The molecule has 0 saturated carbocycles. The van der Waals surface area contributed by atoms with Crippen LogP contribution in [0.2, 0.25) is 0 Å². The molecule has 18 heavy (non-hydrogen) atoms. The first-order valence-corrected chi connectivity index (χ1v) is 6.65. The molecule has 0 aliphatic rings. The average Bonchev–Trinajstić information content (AvgIpc) is 3.02. The molecule has 3 heteroatoms. The average molecular weight is 250 g/mol. The van der Waals surface area contributed by atoms with Gasteiger partial charge in [-0.15, -0.1) is 11.3 Å². The second-order valence-electron chi connectivity index (χ2n) is 4.25. The van der Waals surface area contributed by atoms with E-state index in [1.165, 1.54) is 15.5 Å². The van der Waals surface area contributed by atoms with Crippen LogP contribution in [0, 0.1) is 0 Å². The Labute approximate surface area is 108 Å². The largest absolute Gasteiger partial charge is 0.230 e. The van der Waals surface area contributed by atoms with Gasteiger partial charge >= 0.3 is 0 Å². The van der Waals surface area contributed by atoms with E-state index in [2.05, 4.69) is 47.7 Å². The molecule has 0 atom stereocenters. The monoisotopic (exact) mass is 250 g/mol. The number of thiophene rings is 1. The van der Waals surface area contributed by atoms with Crippen molar-refractivity contribution in [1.82, 2.24) is 9.78 Å². The van der Waals surface area contributed by atoms with E-state index in [4.69, 9.17) is 0 Å². The molecule has 4 rings (SSSR count). The summed E-state index contributed by atoms with van der Waals surface area (Å²) in [6.07, 6.45) is 2.08. The highest BCUT2D eigenvalue weighted by atomic mass is 32.1. The highest BCUT2D eigenvalue weighted by Gasteiger charge is 2.05. The fourth-order valence-corrected chi connectivity index (χ4v) is 3.15. The predicted octanol–water partition coefficient (Wildman–Crippen LogP) is 4.24. The maximum atomic E-state index is 4.61. The zero-order chi connectivity index (χ0) is 11.9. The summed E-state index contributed by atoms with van der Waals surface area (Å²) in [5.74, 6) is 0. The third-order valence-corrected chi connectivity index (χ3v) is 4.16. The number of nitrogens with zero attached hydrogens (tertiary/aromatic N) is 2. The van der Waals surface area contributed by atoms with Crippen LogP contribution in [0.4, 0.5) is 0 Å². The molecule has 4 aromatic rings.